The Morgan fingerprint density at radius 1 is 1.17 bits per heavy atom. The van der Waals surface area contributed by atoms with Crippen LogP contribution in [0.5, 0.6) is 0 Å². The van der Waals surface area contributed by atoms with E-state index in [9.17, 15) is 4.79 Å². The average Bonchev–Trinajstić information content (AvgIpc) is 2.93. The minimum absolute atomic E-state index is 0.295. The molecular weight excluding hydrogens is 337 g/mol. The highest BCUT2D eigenvalue weighted by Gasteiger charge is 2.12. The number of amides is 1. The molecule has 8 heteroatoms. The van der Waals surface area contributed by atoms with Gasteiger partial charge in [-0.05, 0) is 40.8 Å². The SMILES string of the molecule is Cn1nnnc1-c1cccc(NC(=O)c2ccc(Cl)cc2Cl)c1. The van der Waals surface area contributed by atoms with Crippen LogP contribution >= 0.6 is 23.2 Å². The maximum atomic E-state index is 12.3. The van der Waals surface area contributed by atoms with E-state index < -0.39 is 0 Å². The number of benzene rings is 2. The first-order chi connectivity index (χ1) is 11.0. The Morgan fingerprint density at radius 3 is 2.70 bits per heavy atom. The fourth-order valence-corrected chi connectivity index (χ4v) is 2.58. The van der Waals surface area contributed by atoms with E-state index in [4.69, 9.17) is 23.2 Å². The predicted octanol–water partition coefficient (Wildman–Crippen LogP) is 3.44. The second kappa shape index (κ2) is 6.36. The van der Waals surface area contributed by atoms with Crippen LogP contribution in [0.2, 0.25) is 10.0 Å². The van der Waals surface area contributed by atoms with Crippen molar-refractivity contribution in [3.63, 3.8) is 0 Å². The van der Waals surface area contributed by atoms with Gasteiger partial charge < -0.3 is 5.32 Å². The van der Waals surface area contributed by atoms with E-state index in [0.717, 1.165) is 5.56 Å². The van der Waals surface area contributed by atoms with Crippen molar-refractivity contribution >= 4 is 34.8 Å². The van der Waals surface area contributed by atoms with Crippen LogP contribution in [0.3, 0.4) is 0 Å². The minimum atomic E-state index is -0.320. The fourth-order valence-electron chi connectivity index (χ4n) is 2.08. The lowest BCUT2D eigenvalue weighted by molar-refractivity contribution is 0.102. The van der Waals surface area contributed by atoms with E-state index in [1.54, 1.807) is 36.0 Å². The molecule has 0 aliphatic carbocycles. The van der Waals surface area contributed by atoms with Gasteiger partial charge in [0, 0.05) is 23.3 Å². The molecule has 0 aliphatic rings. The molecule has 0 spiro atoms. The zero-order valence-corrected chi connectivity index (χ0v) is 13.5. The minimum Gasteiger partial charge on any atom is -0.322 e. The van der Waals surface area contributed by atoms with Crippen molar-refractivity contribution < 1.29 is 4.79 Å². The summed E-state index contributed by atoms with van der Waals surface area (Å²) in [5.74, 6) is 0.283. The second-order valence-electron chi connectivity index (χ2n) is 4.79. The van der Waals surface area contributed by atoms with Crippen molar-refractivity contribution in [2.24, 2.45) is 7.05 Å². The standard InChI is InChI=1S/C15H11Cl2N5O/c1-22-14(19-20-21-22)9-3-2-4-11(7-9)18-15(23)12-6-5-10(16)8-13(12)17/h2-8H,1H3,(H,18,23). The largest absolute Gasteiger partial charge is 0.322 e. The molecule has 3 rings (SSSR count). The number of hydrogen-bond acceptors (Lipinski definition) is 4. The van der Waals surface area contributed by atoms with Crippen molar-refractivity contribution in [3.8, 4) is 11.4 Å². The summed E-state index contributed by atoms with van der Waals surface area (Å²) in [4.78, 5) is 12.3. The molecule has 0 fully saturated rings. The van der Waals surface area contributed by atoms with E-state index in [1.165, 1.54) is 6.07 Å². The first kappa shape index (κ1) is 15.5. The molecule has 116 valence electrons. The molecule has 1 aromatic heterocycles. The Kier molecular flexibility index (Phi) is 4.27. The van der Waals surface area contributed by atoms with Gasteiger partial charge in [0.15, 0.2) is 5.82 Å². The van der Waals surface area contributed by atoms with Crippen LogP contribution in [0, 0.1) is 0 Å². The third-order valence-electron chi connectivity index (χ3n) is 3.17. The molecule has 1 amide bonds. The third kappa shape index (κ3) is 3.33. The summed E-state index contributed by atoms with van der Waals surface area (Å²) in [7, 11) is 1.74. The third-order valence-corrected chi connectivity index (χ3v) is 3.72. The van der Waals surface area contributed by atoms with Gasteiger partial charge in [-0.15, -0.1) is 5.10 Å². The van der Waals surface area contributed by atoms with Crippen LogP contribution in [0.1, 0.15) is 10.4 Å². The molecule has 0 saturated heterocycles. The average molecular weight is 348 g/mol. The Morgan fingerprint density at radius 2 is 2.00 bits per heavy atom. The smallest absolute Gasteiger partial charge is 0.257 e. The Balaban J connectivity index is 1.86. The van der Waals surface area contributed by atoms with Gasteiger partial charge in [0.05, 0.1) is 10.6 Å². The van der Waals surface area contributed by atoms with Gasteiger partial charge in [0.25, 0.3) is 5.91 Å². The normalized spacial score (nSPS) is 10.6. The first-order valence-electron chi connectivity index (χ1n) is 6.64. The highest BCUT2D eigenvalue weighted by atomic mass is 35.5. The molecule has 6 nitrogen and oxygen atoms in total. The predicted molar refractivity (Wildman–Crippen MR) is 88.6 cm³/mol. The van der Waals surface area contributed by atoms with Gasteiger partial charge in [-0.25, -0.2) is 4.68 Å². The number of carbonyl (C=O) groups excluding carboxylic acids is 1. The summed E-state index contributed by atoms with van der Waals surface area (Å²) >= 11 is 11.9. The quantitative estimate of drug-likeness (QED) is 0.787. The summed E-state index contributed by atoms with van der Waals surface area (Å²) in [5, 5.41) is 14.9. The van der Waals surface area contributed by atoms with Crippen molar-refractivity contribution in [1.82, 2.24) is 20.2 Å². The van der Waals surface area contributed by atoms with Crippen molar-refractivity contribution in [3.05, 3.63) is 58.1 Å². The Labute approximate surface area is 142 Å². The second-order valence-corrected chi connectivity index (χ2v) is 5.63. The summed E-state index contributed by atoms with van der Waals surface area (Å²) in [5.41, 5.74) is 1.75. The number of rotatable bonds is 3. The van der Waals surface area contributed by atoms with Crippen LogP contribution in [-0.2, 0) is 7.05 Å². The Hall–Kier alpha value is -2.44. The lowest BCUT2D eigenvalue weighted by atomic mass is 10.1. The highest BCUT2D eigenvalue weighted by Crippen LogP contribution is 2.23. The number of nitrogens with one attached hydrogen (secondary N) is 1. The Bertz CT molecular complexity index is 878. The summed E-state index contributed by atoms with van der Waals surface area (Å²) in [6, 6.07) is 11.9. The first-order valence-corrected chi connectivity index (χ1v) is 7.39. The summed E-state index contributed by atoms with van der Waals surface area (Å²) < 4.78 is 1.55. The van der Waals surface area contributed by atoms with Gasteiger partial charge in [0.1, 0.15) is 0 Å². The van der Waals surface area contributed by atoms with Gasteiger partial charge in [-0.1, -0.05) is 35.3 Å². The van der Waals surface area contributed by atoms with Crippen molar-refractivity contribution in [1.29, 1.82) is 0 Å². The van der Waals surface area contributed by atoms with Crippen molar-refractivity contribution in [2.75, 3.05) is 5.32 Å². The molecular formula is C15H11Cl2N5O. The summed E-state index contributed by atoms with van der Waals surface area (Å²) in [6.45, 7) is 0. The number of aromatic nitrogens is 4. The van der Waals surface area contributed by atoms with E-state index >= 15 is 0 Å². The van der Waals surface area contributed by atoms with Crippen LogP contribution in [0.25, 0.3) is 11.4 Å². The van der Waals surface area contributed by atoms with E-state index in [0.29, 0.717) is 27.1 Å². The van der Waals surface area contributed by atoms with Crippen LogP contribution < -0.4 is 5.32 Å². The highest BCUT2D eigenvalue weighted by molar-refractivity contribution is 6.37. The lowest BCUT2D eigenvalue weighted by Crippen LogP contribution is -2.12. The molecule has 3 aromatic rings. The number of tetrazole rings is 1. The zero-order chi connectivity index (χ0) is 16.4. The van der Waals surface area contributed by atoms with Crippen molar-refractivity contribution in [2.45, 2.75) is 0 Å². The molecule has 0 radical (unpaired) electrons. The number of halogens is 2. The molecule has 0 unspecified atom stereocenters. The molecule has 1 N–H and O–H groups in total. The van der Waals surface area contributed by atoms with Crippen LogP contribution in [0.4, 0.5) is 5.69 Å². The monoisotopic (exact) mass is 347 g/mol. The van der Waals surface area contributed by atoms with Gasteiger partial charge in [0.2, 0.25) is 0 Å². The number of anilines is 1. The van der Waals surface area contributed by atoms with Crippen LogP contribution in [-0.4, -0.2) is 26.1 Å². The molecule has 2 aromatic carbocycles. The molecule has 0 bridgehead atoms. The van der Waals surface area contributed by atoms with E-state index in [2.05, 4.69) is 20.8 Å². The molecule has 0 aliphatic heterocycles. The molecule has 0 saturated carbocycles. The van der Waals surface area contributed by atoms with E-state index in [1.807, 2.05) is 12.1 Å². The molecule has 0 atom stereocenters. The maximum absolute atomic E-state index is 12.3. The van der Waals surface area contributed by atoms with Gasteiger partial charge in [-0.2, -0.15) is 0 Å². The number of hydrogen-bond donors (Lipinski definition) is 1. The zero-order valence-electron chi connectivity index (χ0n) is 12.0. The number of carbonyl (C=O) groups is 1. The lowest BCUT2D eigenvalue weighted by Gasteiger charge is -2.08. The van der Waals surface area contributed by atoms with Crippen LogP contribution in [0.15, 0.2) is 42.5 Å². The number of aryl methyl sites for hydroxylation is 1. The summed E-state index contributed by atoms with van der Waals surface area (Å²) in [6.07, 6.45) is 0. The topological polar surface area (TPSA) is 72.7 Å². The number of nitrogens with zero attached hydrogens (tertiary/aromatic N) is 4. The van der Waals surface area contributed by atoms with Gasteiger partial charge in [-0.3, -0.25) is 4.79 Å². The fraction of sp³-hybridized carbons (Fsp3) is 0.0667. The molecule has 23 heavy (non-hydrogen) atoms. The molecule has 1 heterocycles. The van der Waals surface area contributed by atoms with Gasteiger partial charge >= 0.3 is 0 Å². The maximum Gasteiger partial charge on any atom is 0.257 e. The van der Waals surface area contributed by atoms with E-state index in [-0.39, 0.29) is 5.91 Å².